The lowest BCUT2D eigenvalue weighted by atomic mass is 10.2. The van der Waals surface area contributed by atoms with E-state index in [0.29, 0.717) is 17.5 Å². The van der Waals surface area contributed by atoms with Crippen LogP contribution in [0.15, 0.2) is 47.6 Å². The second-order valence-electron chi connectivity index (χ2n) is 4.16. The topological polar surface area (TPSA) is 63.3 Å². The van der Waals surface area contributed by atoms with Crippen molar-refractivity contribution in [3.05, 3.63) is 58.9 Å². The molecule has 1 heterocycles. The minimum absolute atomic E-state index is 0. The third-order valence-corrected chi connectivity index (χ3v) is 2.75. The molecule has 0 aliphatic rings. The van der Waals surface area contributed by atoms with Gasteiger partial charge < -0.3 is 11.1 Å². The molecule has 1 aromatic heterocycles. The van der Waals surface area contributed by atoms with Gasteiger partial charge in [0.25, 0.3) is 0 Å². The van der Waals surface area contributed by atoms with Gasteiger partial charge in [-0.1, -0.05) is 29.3 Å². The molecule has 0 spiro atoms. The summed E-state index contributed by atoms with van der Waals surface area (Å²) in [6.45, 7) is 2.45. The second-order valence-corrected chi connectivity index (χ2v) is 4.60. The Bertz CT molecular complexity index is 567. The monoisotopic (exact) mass is 402 g/mol. The number of nitrogens with zero attached hydrogens (tertiary/aromatic N) is 2. The first kappa shape index (κ1) is 16.7. The van der Waals surface area contributed by atoms with Gasteiger partial charge in [0.2, 0.25) is 0 Å². The minimum Gasteiger partial charge on any atom is -0.370 e. The summed E-state index contributed by atoms with van der Waals surface area (Å²) < 4.78 is 0. The maximum Gasteiger partial charge on any atom is 0.193 e. The standard InChI is InChI=1S/C14H15ClN4.HI/c1-10-2-5-12(6-3-10)19-14(16)18-9-13-7-4-11(15)8-17-13;/h2-8H,9H2,1H3,(H3,16,18,19);1H. The molecule has 0 radical (unpaired) electrons. The first-order chi connectivity index (χ1) is 9.13. The smallest absolute Gasteiger partial charge is 0.193 e. The van der Waals surface area contributed by atoms with E-state index in [-0.39, 0.29) is 24.0 Å². The molecule has 6 heteroatoms. The number of rotatable bonds is 3. The highest BCUT2D eigenvalue weighted by Gasteiger charge is 1.96. The van der Waals surface area contributed by atoms with E-state index in [1.807, 2.05) is 37.3 Å². The molecule has 0 amide bonds. The van der Waals surface area contributed by atoms with E-state index in [1.165, 1.54) is 5.56 Å². The lowest BCUT2D eigenvalue weighted by Crippen LogP contribution is -2.22. The molecule has 106 valence electrons. The zero-order valence-corrected chi connectivity index (χ0v) is 14.1. The Balaban J connectivity index is 0.00000200. The average Bonchev–Trinajstić information content (AvgIpc) is 2.41. The van der Waals surface area contributed by atoms with Crippen molar-refractivity contribution in [3.8, 4) is 0 Å². The molecule has 0 saturated carbocycles. The number of aliphatic imine (C=N–C) groups is 1. The van der Waals surface area contributed by atoms with Gasteiger partial charge in [-0.05, 0) is 31.2 Å². The molecule has 0 unspecified atom stereocenters. The summed E-state index contributed by atoms with van der Waals surface area (Å²) >= 11 is 5.76. The number of anilines is 1. The molecule has 1 aromatic carbocycles. The van der Waals surface area contributed by atoms with Crippen molar-refractivity contribution in [1.29, 1.82) is 0 Å². The van der Waals surface area contributed by atoms with E-state index >= 15 is 0 Å². The fourth-order valence-electron chi connectivity index (χ4n) is 1.49. The highest BCUT2D eigenvalue weighted by Crippen LogP contribution is 2.09. The van der Waals surface area contributed by atoms with Crippen LogP contribution in [0.1, 0.15) is 11.3 Å². The number of nitrogens with one attached hydrogen (secondary N) is 1. The lowest BCUT2D eigenvalue weighted by Gasteiger charge is -2.05. The van der Waals surface area contributed by atoms with Gasteiger partial charge in [-0.15, -0.1) is 24.0 Å². The molecule has 4 nitrogen and oxygen atoms in total. The van der Waals surface area contributed by atoms with Crippen LogP contribution in [0.3, 0.4) is 0 Å². The van der Waals surface area contributed by atoms with Crippen LogP contribution in [0, 0.1) is 6.92 Å². The Morgan fingerprint density at radius 2 is 1.95 bits per heavy atom. The highest BCUT2D eigenvalue weighted by molar-refractivity contribution is 14.0. The predicted octanol–water partition coefficient (Wildman–Crippen LogP) is 3.59. The van der Waals surface area contributed by atoms with E-state index in [4.69, 9.17) is 17.3 Å². The molecule has 0 aliphatic heterocycles. The Morgan fingerprint density at radius 3 is 2.55 bits per heavy atom. The molecular weight excluding hydrogens is 387 g/mol. The summed E-state index contributed by atoms with van der Waals surface area (Å²) in [6.07, 6.45) is 1.59. The van der Waals surface area contributed by atoms with Gasteiger partial charge in [-0.25, -0.2) is 4.99 Å². The molecule has 20 heavy (non-hydrogen) atoms. The van der Waals surface area contributed by atoms with E-state index in [1.54, 1.807) is 12.3 Å². The Hall–Kier alpha value is -1.34. The normalized spacial score (nSPS) is 10.8. The summed E-state index contributed by atoms with van der Waals surface area (Å²) in [7, 11) is 0. The molecule has 0 aliphatic carbocycles. The maximum atomic E-state index is 5.81. The van der Waals surface area contributed by atoms with Crippen molar-refractivity contribution in [2.24, 2.45) is 10.7 Å². The summed E-state index contributed by atoms with van der Waals surface area (Å²) in [5.74, 6) is 0.362. The van der Waals surface area contributed by atoms with Crippen molar-refractivity contribution in [2.75, 3.05) is 5.32 Å². The number of hydrogen-bond donors (Lipinski definition) is 2. The van der Waals surface area contributed by atoms with E-state index < -0.39 is 0 Å². The quantitative estimate of drug-likeness (QED) is 0.468. The SMILES string of the molecule is Cc1ccc(NC(N)=NCc2ccc(Cl)cn2)cc1.I. The van der Waals surface area contributed by atoms with Crippen LogP contribution in [0.25, 0.3) is 0 Å². The molecule has 0 bridgehead atoms. The Morgan fingerprint density at radius 1 is 1.25 bits per heavy atom. The lowest BCUT2D eigenvalue weighted by molar-refractivity contribution is 0.985. The largest absolute Gasteiger partial charge is 0.370 e. The summed E-state index contributed by atoms with van der Waals surface area (Å²) in [6, 6.07) is 11.5. The molecule has 0 atom stereocenters. The summed E-state index contributed by atoms with van der Waals surface area (Å²) in [5.41, 5.74) is 8.74. The van der Waals surface area contributed by atoms with Crippen LogP contribution >= 0.6 is 35.6 Å². The second kappa shape index (κ2) is 8.06. The van der Waals surface area contributed by atoms with Crippen LogP contribution in [0.5, 0.6) is 0 Å². The zero-order valence-electron chi connectivity index (χ0n) is 11.0. The van der Waals surface area contributed by atoms with Gasteiger partial charge in [-0.2, -0.15) is 0 Å². The van der Waals surface area contributed by atoms with Crippen molar-refractivity contribution in [3.63, 3.8) is 0 Å². The summed E-state index contributed by atoms with van der Waals surface area (Å²) in [4.78, 5) is 8.37. The van der Waals surface area contributed by atoms with E-state index in [9.17, 15) is 0 Å². The van der Waals surface area contributed by atoms with Crippen molar-refractivity contribution < 1.29 is 0 Å². The first-order valence-corrected chi connectivity index (χ1v) is 6.25. The van der Waals surface area contributed by atoms with Crippen LogP contribution < -0.4 is 11.1 Å². The van der Waals surface area contributed by atoms with Crippen molar-refractivity contribution in [1.82, 2.24) is 4.98 Å². The third-order valence-electron chi connectivity index (χ3n) is 2.52. The fraction of sp³-hybridized carbons (Fsp3) is 0.143. The third kappa shape index (κ3) is 5.34. The van der Waals surface area contributed by atoms with Crippen LogP contribution in [-0.4, -0.2) is 10.9 Å². The predicted molar refractivity (Wildman–Crippen MR) is 94.8 cm³/mol. The number of nitrogens with two attached hydrogens (primary N) is 1. The molecule has 2 aromatic rings. The number of hydrogen-bond acceptors (Lipinski definition) is 2. The zero-order chi connectivity index (χ0) is 13.7. The van der Waals surface area contributed by atoms with Gasteiger partial charge in [0, 0.05) is 11.9 Å². The Kier molecular flexibility index (Phi) is 6.74. The number of halogens is 2. The number of aromatic nitrogens is 1. The van der Waals surface area contributed by atoms with Gasteiger partial charge in [-0.3, -0.25) is 4.98 Å². The number of pyridine rings is 1. The maximum absolute atomic E-state index is 5.81. The van der Waals surface area contributed by atoms with Crippen LogP contribution in [0.2, 0.25) is 5.02 Å². The average molecular weight is 403 g/mol. The molecular formula is C14H16ClIN4. The summed E-state index contributed by atoms with van der Waals surface area (Å²) in [5, 5.41) is 3.63. The first-order valence-electron chi connectivity index (χ1n) is 5.87. The number of aryl methyl sites for hydroxylation is 1. The van der Waals surface area contributed by atoms with E-state index in [2.05, 4.69) is 15.3 Å². The van der Waals surface area contributed by atoms with Crippen molar-refractivity contribution in [2.45, 2.75) is 13.5 Å². The van der Waals surface area contributed by atoms with E-state index in [0.717, 1.165) is 11.4 Å². The van der Waals surface area contributed by atoms with Crippen molar-refractivity contribution >= 4 is 47.2 Å². The van der Waals surface area contributed by atoms with Gasteiger partial charge in [0.1, 0.15) is 0 Å². The minimum atomic E-state index is 0. The molecule has 0 fully saturated rings. The van der Waals surface area contributed by atoms with Crippen LogP contribution in [-0.2, 0) is 6.54 Å². The van der Waals surface area contributed by atoms with Gasteiger partial charge in [0.15, 0.2) is 5.96 Å². The van der Waals surface area contributed by atoms with Gasteiger partial charge >= 0.3 is 0 Å². The Labute approximate surface area is 140 Å². The number of guanidine groups is 1. The highest BCUT2D eigenvalue weighted by atomic mass is 127. The van der Waals surface area contributed by atoms with Crippen LogP contribution in [0.4, 0.5) is 5.69 Å². The number of benzene rings is 1. The van der Waals surface area contributed by atoms with Gasteiger partial charge in [0.05, 0.1) is 17.3 Å². The molecule has 2 rings (SSSR count). The fourth-order valence-corrected chi connectivity index (χ4v) is 1.60. The molecule has 3 N–H and O–H groups in total. The molecule has 0 saturated heterocycles.